The summed E-state index contributed by atoms with van der Waals surface area (Å²) >= 11 is 0. The fourth-order valence-electron chi connectivity index (χ4n) is 7.97. The summed E-state index contributed by atoms with van der Waals surface area (Å²) in [4.78, 5) is 33.8. The van der Waals surface area contributed by atoms with Gasteiger partial charge in [0.1, 0.15) is 24.7 Å². The normalized spacial score (nSPS) is 13.0. The summed E-state index contributed by atoms with van der Waals surface area (Å²) < 4.78 is 35.2. The van der Waals surface area contributed by atoms with E-state index < -0.39 is 17.4 Å². The van der Waals surface area contributed by atoms with E-state index in [4.69, 9.17) is 38.4 Å². The summed E-state index contributed by atoms with van der Waals surface area (Å²) in [5.74, 6) is 0.708. The van der Waals surface area contributed by atoms with E-state index in [1.165, 1.54) is 0 Å². The number of hydrogen-bond donors (Lipinski definition) is 0. The Morgan fingerprint density at radius 2 is 1.03 bits per heavy atom. The molecule has 5 aromatic rings. The molecule has 0 saturated carbocycles. The standard InChI is InChI=1S/C51H58N2O8/c1-11-43(54)60-31-49(7,8)29-56-21-23-58-46-33(3)25-37(26-34(46)4)51(40-18-14-13-17-39(40)45-48(51)53-42-20-16-15-19-41(42)52-45)38-27-35(5)47(36(6)28-38)59-24-22-57-30-50(9,10)32-61-44(55)12-2/h11-20,25-28H,1-2,21-24,29-32H2,3-10H3. The third kappa shape index (κ3) is 9.87. The third-order valence-corrected chi connectivity index (χ3v) is 10.8. The van der Waals surface area contributed by atoms with Crippen molar-refractivity contribution in [3.05, 3.63) is 143 Å². The van der Waals surface area contributed by atoms with Crippen molar-refractivity contribution in [3.8, 4) is 22.8 Å². The van der Waals surface area contributed by atoms with Gasteiger partial charge in [-0.2, -0.15) is 0 Å². The van der Waals surface area contributed by atoms with Gasteiger partial charge in [-0.25, -0.2) is 19.6 Å². The topological polar surface area (TPSA) is 115 Å². The zero-order chi connectivity index (χ0) is 44.0. The lowest BCUT2D eigenvalue weighted by molar-refractivity contribution is -0.142. The lowest BCUT2D eigenvalue weighted by Gasteiger charge is -2.34. The molecule has 0 bridgehead atoms. The average molecular weight is 827 g/mol. The second kappa shape index (κ2) is 18.8. The zero-order valence-electron chi connectivity index (χ0n) is 36.8. The highest BCUT2D eigenvalue weighted by molar-refractivity contribution is 5.88. The van der Waals surface area contributed by atoms with Crippen LogP contribution in [0.1, 0.15) is 72.3 Å². The smallest absolute Gasteiger partial charge is 0.330 e. The number of ether oxygens (including phenoxy) is 6. The fourth-order valence-corrected chi connectivity index (χ4v) is 7.97. The number of hydrogen-bond acceptors (Lipinski definition) is 10. The number of carbonyl (C=O) groups is 2. The first-order valence-electron chi connectivity index (χ1n) is 20.7. The number of carbonyl (C=O) groups excluding carboxylic acids is 2. The van der Waals surface area contributed by atoms with Crippen molar-refractivity contribution < 1.29 is 38.0 Å². The van der Waals surface area contributed by atoms with Crippen LogP contribution in [0.5, 0.6) is 11.5 Å². The Balaban J connectivity index is 1.31. The lowest BCUT2D eigenvalue weighted by atomic mass is 9.68. The van der Waals surface area contributed by atoms with Crippen LogP contribution in [0.25, 0.3) is 22.3 Å². The zero-order valence-corrected chi connectivity index (χ0v) is 36.8. The van der Waals surface area contributed by atoms with E-state index in [0.717, 1.165) is 90.6 Å². The molecule has 6 rings (SSSR count). The predicted molar refractivity (Wildman–Crippen MR) is 238 cm³/mol. The molecule has 0 radical (unpaired) electrons. The second-order valence-electron chi connectivity index (χ2n) is 17.3. The van der Waals surface area contributed by atoms with Crippen molar-refractivity contribution in [2.75, 3.05) is 52.9 Å². The molecule has 0 fully saturated rings. The van der Waals surface area contributed by atoms with Crippen molar-refractivity contribution in [2.45, 2.75) is 60.8 Å². The van der Waals surface area contributed by atoms with E-state index in [0.29, 0.717) is 39.6 Å². The maximum Gasteiger partial charge on any atom is 0.330 e. The molecular formula is C51H58N2O8. The monoisotopic (exact) mass is 826 g/mol. The van der Waals surface area contributed by atoms with Gasteiger partial charge < -0.3 is 28.4 Å². The van der Waals surface area contributed by atoms with Crippen LogP contribution in [0.3, 0.4) is 0 Å². The summed E-state index contributed by atoms with van der Waals surface area (Å²) in [6.45, 7) is 25.9. The predicted octanol–water partition coefficient (Wildman–Crippen LogP) is 9.53. The largest absolute Gasteiger partial charge is 0.491 e. The molecular weight excluding hydrogens is 769 g/mol. The van der Waals surface area contributed by atoms with Crippen LogP contribution < -0.4 is 9.47 Å². The van der Waals surface area contributed by atoms with Gasteiger partial charge >= 0.3 is 11.9 Å². The summed E-state index contributed by atoms with van der Waals surface area (Å²) in [5, 5.41) is 0. The van der Waals surface area contributed by atoms with Crippen molar-refractivity contribution >= 4 is 23.0 Å². The van der Waals surface area contributed by atoms with Crippen molar-refractivity contribution in [3.63, 3.8) is 0 Å². The minimum absolute atomic E-state index is 0.230. The van der Waals surface area contributed by atoms with E-state index in [-0.39, 0.29) is 24.0 Å². The number of esters is 2. The molecule has 4 aromatic carbocycles. The number of fused-ring (bicyclic) bond motifs is 4. The molecule has 10 heteroatoms. The summed E-state index contributed by atoms with van der Waals surface area (Å²) in [7, 11) is 0. The highest BCUT2D eigenvalue weighted by Gasteiger charge is 2.49. The van der Waals surface area contributed by atoms with Crippen LogP contribution in [0.2, 0.25) is 0 Å². The first-order chi connectivity index (χ1) is 29.1. The third-order valence-electron chi connectivity index (χ3n) is 10.8. The Labute approximate surface area is 359 Å². The second-order valence-corrected chi connectivity index (χ2v) is 17.3. The number of rotatable bonds is 20. The molecule has 1 aliphatic rings. The van der Waals surface area contributed by atoms with Crippen LogP contribution in [-0.2, 0) is 34.0 Å². The molecule has 61 heavy (non-hydrogen) atoms. The SMILES string of the molecule is C=CC(=O)OCC(C)(C)COCCOc1c(C)cc(C2(c3cc(C)c(OCCOCC(C)(C)COC(=O)C=C)c(C)c3)c3ccccc3-c3nc4ccccc4nc32)cc1C. The van der Waals surface area contributed by atoms with Crippen LogP contribution in [0, 0.1) is 38.5 Å². The molecule has 1 aromatic heterocycles. The molecule has 0 atom stereocenters. The number of para-hydroxylation sites is 2. The first kappa shape index (κ1) is 44.7. The Morgan fingerprint density at radius 3 is 1.49 bits per heavy atom. The molecule has 320 valence electrons. The minimum Gasteiger partial charge on any atom is -0.491 e. The van der Waals surface area contributed by atoms with Gasteiger partial charge in [0.25, 0.3) is 0 Å². The van der Waals surface area contributed by atoms with Crippen molar-refractivity contribution in [1.82, 2.24) is 9.97 Å². The van der Waals surface area contributed by atoms with Gasteiger partial charge in [-0.05, 0) is 78.8 Å². The maximum absolute atomic E-state index is 11.6. The molecule has 0 saturated heterocycles. The van der Waals surface area contributed by atoms with E-state index in [9.17, 15) is 9.59 Å². The van der Waals surface area contributed by atoms with Gasteiger partial charge in [-0.1, -0.05) is 102 Å². The van der Waals surface area contributed by atoms with Crippen LogP contribution in [0.15, 0.2) is 98.1 Å². The Kier molecular flexibility index (Phi) is 13.8. The molecule has 0 spiro atoms. The first-order valence-corrected chi connectivity index (χ1v) is 20.7. The van der Waals surface area contributed by atoms with Gasteiger partial charge in [0.2, 0.25) is 0 Å². The molecule has 1 aliphatic carbocycles. The number of benzene rings is 4. The van der Waals surface area contributed by atoms with Crippen molar-refractivity contribution in [1.29, 1.82) is 0 Å². The quantitative estimate of drug-likeness (QED) is 0.0419. The Hall–Kier alpha value is -5.84. The molecule has 0 N–H and O–H groups in total. The van der Waals surface area contributed by atoms with Gasteiger partial charge in [0.15, 0.2) is 0 Å². The van der Waals surface area contributed by atoms with Gasteiger partial charge in [0.05, 0.1) is 67.5 Å². The van der Waals surface area contributed by atoms with Crippen molar-refractivity contribution in [2.24, 2.45) is 10.8 Å². The number of aromatic nitrogens is 2. The van der Waals surface area contributed by atoms with Gasteiger partial charge in [0, 0.05) is 28.5 Å². The van der Waals surface area contributed by atoms with E-state index >= 15 is 0 Å². The summed E-state index contributed by atoms with van der Waals surface area (Å²) in [5.41, 5.74) is 10.1. The molecule has 0 unspecified atom stereocenters. The highest BCUT2D eigenvalue weighted by Crippen LogP contribution is 2.56. The van der Waals surface area contributed by atoms with E-state index in [2.05, 4.69) is 89.4 Å². The maximum atomic E-state index is 11.6. The summed E-state index contributed by atoms with van der Waals surface area (Å²) in [6, 6.07) is 25.4. The molecule has 0 amide bonds. The molecule has 10 nitrogen and oxygen atoms in total. The number of aryl methyl sites for hydroxylation is 4. The highest BCUT2D eigenvalue weighted by atomic mass is 16.5. The minimum atomic E-state index is -0.821. The number of nitrogens with zero attached hydrogens (tertiary/aromatic N) is 2. The van der Waals surface area contributed by atoms with Gasteiger partial charge in [-0.3, -0.25) is 0 Å². The van der Waals surface area contributed by atoms with E-state index in [1.807, 2.05) is 52.0 Å². The fraction of sp³-hybridized carbons (Fsp3) is 0.373. The van der Waals surface area contributed by atoms with E-state index in [1.54, 1.807) is 0 Å². The van der Waals surface area contributed by atoms with Gasteiger partial charge in [-0.15, -0.1) is 0 Å². The van der Waals surface area contributed by atoms with Crippen LogP contribution in [0.4, 0.5) is 0 Å². The molecule has 0 aliphatic heterocycles. The van der Waals surface area contributed by atoms with Crippen LogP contribution in [-0.4, -0.2) is 74.8 Å². The summed E-state index contributed by atoms with van der Waals surface area (Å²) in [6.07, 6.45) is 2.32. The molecule has 1 heterocycles. The Morgan fingerprint density at radius 1 is 0.607 bits per heavy atom. The van der Waals surface area contributed by atoms with Crippen LogP contribution >= 0.6 is 0 Å². The average Bonchev–Trinajstić information content (AvgIpc) is 3.52. The Bertz CT molecular complexity index is 2290. The lowest BCUT2D eigenvalue weighted by Crippen LogP contribution is -2.30.